The van der Waals surface area contributed by atoms with Gasteiger partial charge in [-0.1, -0.05) is 25.1 Å². The Bertz CT molecular complexity index is 518. The maximum absolute atomic E-state index is 11.7. The minimum Gasteiger partial charge on any atom is -0.481 e. The van der Waals surface area contributed by atoms with Crippen molar-refractivity contribution in [3.8, 4) is 0 Å². The summed E-state index contributed by atoms with van der Waals surface area (Å²) in [5.74, 6) is -0.296. The van der Waals surface area contributed by atoms with Crippen molar-refractivity contribution in [2.24, 2.45) is 11.3 Å². The number of para-hydroxylation sites is 1. The molecule has 0 saturated heterocycles. The largest absolute Gasteiger partial charge is 0.481 e. The van der Waals surface area contributed by atoms with Crippen LogP contribution in [0.4, 0.5) is 5.69 Å². The number of rotatable bonds is 4. The summed E-state index contributed by atoms with van der Waals surface area (Å²) in [6.45, 7) is 2.12. The van der Waals surface area contributed by atoms with E-state index in [0.29, 0.717) is 24.3 Å². The normalized spacial score (nSPS) is 26.1. The van der Waals surface area contributed by atoms with E-state index in [4.69, 9.17) is 0 Å². The minimum atomic E-state index is -0.849. The molecule has 1 aliphatic carbocycles. The van der Waals surface area contributed by atoms with E-state index in [1.165, 1.54) is 6.07 Å². The first-order valence-corrected chi connectivity index (χ1v) is 6.90. The van der Waals surface area contributed by atoms with Gasteiger partial charge >= 0.3 is 5.97 Å². The zero-order valence-corrected chi connectivity index (χ0v) is 11.5. The highest BCUT2D eigenvalue weighted by Crippen LogP contribution is 2.42. The van der Waals surface area contributed by atoms with Gasteiger partial charge in [-0.05, 0) is 38.0 Å². The molecule has 1 aliphatic rings. The van der Waals surface area contributed by atoms with Crippen LogP contribution in [0.1, 0.15) is 38.2 Å². The van der Waals surface area contributed by atoms with Crippen molar-refractivity contribution in [2.75, 3.05) is 0 Å². The molecular formula is C15H19NO4. The van der Waals surface area contributed by atoms with Crippen LogP contribution in [0.2, 0.25) is 0 Å². The highest BCUT2D eigenvalue weighted by atomic mass is 16.6. The maximum Gasteiger partial charge on any atom is 0.309 e. The number of nitro groups is 1. The number of hydrogen-bond donors (Lipinski definition) is 1. The van der Waals surface area contributed by atoms with Crippen molar-refractivity contribution >= 4 is 11.7 Å². The molecule has 0 radical (unpaired) electrons. The molecule has 1 fully saturated rings. The van der Waals surface area contributed by atoms with Gasteiger partial charge in [0.1, 0.15) is 0 Å². The number of carboxylic acids is 1. The van der Waals surface area contributed by atoms with Gasteiger partial charge in [0, 0.05) is 11.6 Å². The van der Waals surface area contributed by atoms with Crippen LogP contribution in [-0.2, 0) is 11.2 Å². The molecule has 5 nitrogen and oxygen atoms in total. The van der Waals surface area contributed by atoms with E-state index in [-0.39, 0.29) is 12.1 Å². The van der Waals surface area contributed by atoms with Crippen LogP contribution in [-0.4, -0.2) is 16.0 Å². The molecule has 0 atom stereocenters. The minimum absolute atomic E-state index is 0.0201. The molecule has 1 N–H and O–H groups in total. The van der Waals surface area contributed by atoms with Gasteiger partial charge in [0.15, 0.2) is 0 Å². The third-order valence-corrected chi connectivity index (χ3v) is 4.40. The lowest BCUT2D eigenvalue weighted by molar-refractivity contribution is -0.385. The van der Waals surface area contributed by atoms with E-state index < -0.39 is 16.3 Å². The average Bonchev–Trinajstić information content (AvgIpc) is 2.41. The first kappa shape index (κ1) is 14.5. The van der Waals surface area contributed by atoms with E-state index in [2.05, 4.69) is 6.92 Å². The summed E-state index contributed by atoms with van der Waals surface area (Å²) in [4.78, 5) is 22.3. The fraction of sp³-hybridized carbons (Fsp3) is 0.533. The molecule has 1 saturated carbocycles. The maximum atomic E-state index is 11.7. The zero-order valence-electron chi connectivity index (χ0n) is 11.5. The van der Waals surface area contributed by atoms with Crippen molar-refractivity contribution in [3.63, 3.8) is 0 Å². The van der Waals surface area contributed by atoms with Gasteiger partial charge in [-0.25, -0.2) is 0 Å². The van der Waals surface area contributed by atoms with E-state index in [1.807, 2.05) is 0 Å². The van der Waals surface area contributed by atoms with Gasteiger partial charge in [-0.2, -0.15) is 0 Å². The Labute approximate surface area is 117 Å². The lowest BCUT2D eigenvalue weighted by Crippen LogP contribution is -2.37. The molecule has 0 spiro atoms. The molecule has 0 amide bonds. The molecule has 0 bridgehead atoms. The number of nitro benzene ring substituents is 1. The summed E-state index contributed by atoms with van der Waals surface area (Å²) in [7, 11) is 0. The van der Waals surface area contributed by atoms with Gasteiger partial charge in [-0.3, -0.25) is 14.9 Å². The Hall–Kier alpha value is -1.91. The third-order valence-electron chi connectivity index (χ3n) is 4.40. The Morgan fingerprint density at radius 3 is 2.55 bits per heavy atom. The van der Waals surface area contributed by atoms with Crippen LogP contribution >= 0.6 is 0 Å². The standard InChI is InChI=1S/C15H19NO4/c1-11-6-8-15(9-7-11,14(17)18)10-12-4-2-3-5-13(12)16(19)20/h2-5,11H,6-10H2,1H3,(H,17,18). The molecule has 1 aromatic rings. The summed E-state index contributed by atoms with van der Waals surface area (Å²) >= 11 is 0. The van der Waals surface area contributed by atoms with Crippen molar-refractivity contribution in [1.82, 2.24) is 0 Å². The van der Waals surface area contributed by atoms with E-state index in [1.54, 1.807) is 18.2 Å². The highest BCUT2D eigenvalue weighted by Gasteiger charge is 2.42. The quantitative estimate of drug-likeness (QED) is 0.675. The van der Waals surface area contributed by atoms with Crippen molar-refractivity contribution in [1.29, 1.82) is 0 Å². The molecule has 0 aliphatic heterocycles. The zero-order chi connectivity index (χ0) is 14.8. The van der Waals surface area contributed by atoms with E-state index in [0.717, 1.165) is 12.8 Å². The predicted octanol–water partition coefficient (Wildman–Crippen LogP) is 3.42. The summed E-state index contributed by atoms with van der Waals surface area (Å²) in [6.07, 6.45) is 3.16. The van der Waals surface area contributed by atoms with Crippen LogP contribution in [0.25, 0.3) is 0 Å². The topological polar surface area (TPSA) is 80.4 Å². The van der Waals surface area contributed by atoms with E-state index >= 15 is 0 Å². The van der Waals surface area contributed by atoms with Gasteiger partial charge in [-0.15, -0.1) is 0 Å². The second-order valence-corrected chi connectivity index (χ2v) is 5.83. The third kappa shape index (κ3) is 2.81. The highest BCUT2D eigenvalue weighted by molar-refractivity contribution is 5.75. The monoisotopic (exact) mass is 277 g/mol. The first-order valence-electron chi connectivity index (χ1n) is 6.90. The molecular weight excluding hydrogens is 258 g/mol. The number of carboxylic acid groups (broad SMARTS) is 1. The lowest BCUT2D eigenvalue weighted by atomic mass is 9.67. The van der Waals surface area contributed by atoms with Gasteiger partial charge in [0.25, 0.3) is 5.69 Å². The number of aliphatic carboxylic acids is 1. The molecule has 0 heterocycles. The summed E-state index contributed by atoms with van der Waals surface area (Å²) in [5, 5.41) is 20.6. The Balaban J connectivity index is 2.30. The number of carbonyl (C=O) groups is 1. The molecule has 2 rings (SSSR count). The number of nitrogens with zero attached hydrogens (tertiary/aromatic N) is 1. The van der Waals surface area contributed by atoms with Crippen LogP contribution in [0.15, 0.2) is 24.3 Å². The van der Waals surface area contributed by atoms with Gasteiger partial charge < -0.3 is 5.11 Å². The van der Waals surface area contributed by atoms with Crippen LogP contribution in [0.5, 0.6) is 0 Å². The predicted molar refractivity (Wildman–Crippen MR) is 74.5 cm³/mol. The van der Waals surface area contributed by atoms with Crippen molar-refractivity contribution < 1.29 is 14.8 Å². The molecule has 0 aromatic heterocycles. The van der Waals surface area contributed by atoms with Crippen molar-refractivity contribution in [3.05, 3.63) is 39.9 Å². The van der Waals surface area contributed by atoms with Gasteiger partial charge in [0.05, 0.1) is 10.3 Å². The molecule has 108 valence electrons. The van der Waals surface area contributed by atoms with Crippen LogP contribution in [0.3, 0.4) is 0 Å². The second kappa shape index (κ2) is 5.61. The van der Waals surface area contributed by atoms with Gasteiger partial charge in [0.2, 0.25) is 0 Å². The summed E-state index contributed by atoms with van der Waals surface area (Å²) in [5.41, 5.74) is -0.306. The smallest absolute Gasteiger partial charge is 0.309 e. The molecule has 0 unspecified atom stereocenters. The Morgan fingerprint density at radius 1 is 1.40 bits per heavy atom. The SMILES string of the molecule is CC1CCC(Cc2ccccc2[N+](=O)[O-])(C(=O)O)CC1. The molecule has 5 heteroatoms. The fourth-order valence-corrected chi connectivity index (χ4v) is 2.98. The van der Waals surface area contributed by atoms with Crippen molar-refractivity contribution in [2.45, 2.75) is 39.0 Å². The van der Waals surface area contributed by atoms with Crippen LogP contribution < -0.4 is 0 Å². The Kier molecular flexibility index (Phi) is 4.06. The number of hydrogen-bond acceptors (Lipinski definition) is 3. The Morgan fingerprint density at radius 2 is 2.00 bits per heavy atom. The average molecular weight is 277 g/mol. The molecule has 1 aromatic carbocycles. The first-order chi connectivity index (χ1) is 9.44. The summed E-state index contributed by atoms with van der Waals surface area (Å²) in [6, 6.07) is 6.44. The summed E-state index contributed by atoms with van der Waals surface area (Å²) < 4.78 is 0. The molecule has 20 heavy (non-hydrogen) atoms. The lowest BCUT2D eigenvalue weighted by Gasteiger charge is -2.35. The second-order valence-electron chi connectivity index (χ2n) is 5.83. The number of benzene rings is 1. The van der Waals surface area contributed by atoms with E-state index in [9.17, 15) is 20.0 Å². The fourth-order valence-electron chi connectivity index (χ4n) is 2.98. The van der Waals surface area contributed by atoms with Crippen LogP contribution in [0, 0.1) is 21.4 Å².